The molecule has 232 valence electrons. The van der Waals surface area contributed by atoms with Gasteiger partial charge >= 0.3 is 11.9 Å². The van der Waals surface area contributed by atoms with E-state index in [1.807, 2.05) is 0 Å². The Labute approximate surface area is 249 Å². The number of H-pyrrole nitrogens is 1. The van der Waals surface area contributed by atoms with Crippen molar-refractivity contribution in [2.24, 2.45) is 7.05 Å². The maximum atomic E-state index is 15.3. The number of rotatable bonds is 8. The lowest BCUT2D eigenvalue weighted by Crippen LogP contribution is -2.28. The lowest BCUT2D eigenvalue weighted by atomic mass is 9.99. The molecule has 0 aliphatic rings. The largest absolute Gasteiger partial charge is 0.493 e. The van der Waals surface area contributed by atoms with Gasteiger partial charge in [0.2, 0.25) is 5.91 Å². The zero-order chi connectivity index (χ0) is 31.1. The highest BCUT2D eigenvalue weighted by Crippen LogP contribution is 2.41. The molecule has 0 aliphatic heterocycles. The van der Waals surface area contributed by atoms with E-state index in [-0.39, 0.29) is 58.5 Å². The summed E-state index contributed by atoms with van der Waals surface area (Å²) in [4.78, 5) is 29.8. The van der Waals surface area contributed by atoms with E-state index < -0.39 is 53.0 Å². The van der Waals surface area contributed by atoms with Crippen LogP contribution in [0, 0.1) is 17.5 Å². The van der Waals surface area contributed by atoms with E-state index in [0.717, 1.165) is 33.4 Å². The summed E-state index contributed by atoms with van der Waals surface area (Å²) >= 11 is 0. The summed E-state index contributed by atoms with van der Waals surface area (Å²) in [6.45, 7) is -1.04. The Kier molecular flexibility index (Phi) is 8.94. The van der Waals surface area contributed by atoms with Gasteiger partial charge in [-0.2, -0.15) is 18.3 Å². The first-order chi connectivity index (χ1) is 20.4. The number of hydrogen-bond acceptors (Lipinski definition) is 6. The van der Waals surface area contributed by atoms with Gasteiger partial charge in [0.15, 0.2) is 23.1 Å². The molecule has 0 radical (unpaired) electrons. The summed E-state index contributed by atoms with van der Waals surface area (Å²) < 4.78 is 97.1. The average Bonchev–Trinajstić information content (AvgIpc) is 3.55. The molecule has 0 atom stereocenters. The summed E-state index contributed by atoms with van der Waals surface area (Å²) in [5, 5.41) is 8.36. The molecule has 0 saturated heterocycles. The molecule has 2 N–H and O–H groups in total. The van der Waals surface area contributed by atoms with Crippen LogP contribution in [0.5, 0.6) is 11.5 Å². The van der Waals surface area contributed by atoms with Crippen LogP contribution in [-0.2, 0) is 31.2 Å². The fourth-order valence-electron chi connectivity index (χ4n) is 4.47. The molecule has 0 fully saturated rings. The molecule has 2 heterocycles. The number of amides is 1. The van der Waals surface area contributed by atoms with Crippen LogP contribution in [0.1, 0.15) is 11.4 Å². The van der Waals surface area contributed by atoms with Gasteiger partial charge in [0.05, 0.1) is 29.4 Å². The number of alkyl halides is 3. The molecule has 5 aromatic rings. The Hall–Kier alpha value is -4.99. The minimum Gasteiger partial charge on any atom is -0.493 e. The molecular weight excluding hydrogens is 622 g/mol. The molecule has 0 bridgehead atoms. The highest BCUT2D eigenvalue weighted by Gasteiger charge is 2.33. The van der Waals surface area contributed by atoms with Gasteiger partial charge in [0.1, 0.15) is 31.1 Å². The maximum Gasteiger partial charge on any atom is 0.416 e. The number of carbonyl (C=O) groups excluding carboxylic acids is 1. The maximum absolute atomic E-state index is 15.3. The third kappa shape index (κ3) is 6.20. The van der Waals surface area contributed by atoms with Gasteiger partial charge < -0.3 is 14.8 Å². The second kappa shape index (κ2) is 12.3. The van der Waals surface area contributed by atoms with E-state index in [4.69, 9.17) is 9.47 Å². The number of ether oxygens (including phenoxy) is 2. The van der Waals surface area contributed by atoms with Crippen molar-refractivity contribution in [1.29, 1.82) is 0 Å². The second-order valence-corrected chi connectivity index (χ2v) is 9.20. The first-order valence-electron chi connectivity index (χ1n) is 12.3. The number of aryl methyl sites for hydroxylation is 1. The fraction of sp³-hybridized carbons (Fsp3) is 0.185. The molecule has 10 nitrogen and oxygen atoms in total. The lowest BCUT2D eigenvalue weighted by molar-refractivity contribution is -0.137. The summed E-state index contributed by atoms with van der Waals surface area (Å²) in [5.74, 6) is -4.18. The Balaban J connectivity index is 0.00000442. The molecule has 17 heteroatoms. The molecule has 0 spiro atoms. The summed E-state index contributed by atoms with van der Waals surface area (Å²) in [6.07, 6.45) is -3.68. The SMILES string of the molecule is COc1cc(-c2cc(C(F)(F)F)cc3c2n(C)c(=O)n3CC(=O)Nc2ccc(F)cc2F)cc(F)c1OCc1ncn[nH]1.Cl. The number of aromatic amines is 1. The van der Waals surface area contributed by atoms with E-state index in [1.165, 1.54) is 26.6 Å². The summed E-state index contributed by atoms with van der Waals surface area (Å²) in [5.41, 5.74) is -3.14. The van der Waals surface area contributed by atoms with Gasteiger partial charge in [0, 0.05) is 18.7 Å². The van der Waals surface area contributed by atoms with Crippen molar-refractivity contribution < 1.29 is 40.6 Å². The number of carbonyl (C=O) groups is 1. The molecule has 0 aliphatic carbocycles. The second-order valence-electron chi connectivity index (χ2n) is 9.20. The number of methoxy groups -OCH3 is 1. The van der Waals surface area contributed by atoms with E-state index in [1.54, 1.807) is 0 Å². The van der Waals surface area contributed by atoms with E-state index in [2.05, 4.69) is 20.5 Å². The highest BCUT2D eigenvalue weighted by molar-refractivity contribution is 5.96. The molecule has 5 rings (SSSR count). The monoisotopic (exact) mass is 642 g/mol. The predicted molar refractivity (Wildman–Crippen MR) is 147 cm³/mol. The summed E-state index contributed by atoms with van der Waals surface area (Å²) in [7, 11) is 2.47. The van der Waals surface area contributed by atoms with Gasteiger partial charge in [-0.1, -0.05) is 0 Å². The number of hydrogen-bond donors (Lipinski definition) is 2. The van der Waals surface area contributed by atoms with Crippen molar-refractivity contribution >= 4 is 35.0 Å². The lowest BCUT2D eigenvalue weighted by Gasteiger charge is -2.15. The summed E-state index contributed by atoms with van der Waals surface area (Å²) in [6, 6.07) is 5.94. The van der Waals surface area contributed by atoms with E-state index in [9.17, 15) is 31.5 Å². The first-order valence-corrected chi connectivity index (χ1v) is 12.3. The Bertz CT molecular complexity index is 1910. The molecule has 3 aromatic carbocycles. The van der Waals surface area contributed by atoms with Crippen LogP contribution in [0.4, 0.5) is 32.0 Å². The van der Waals surface area contributed by atoms with Crippen molar-refractivity contribution in [3.05, 3.63) is 88.1 Å². The standard InChI is InChI=1S/C27H20F6N6O4.ClH/c1-38-24-16(13-5-18(30)25(21(6-13)42-2)43-11-22-34-12-35-37-22)7-14(27(31,32)33)8-20(24)39(26(38)41)10-23(40)36-19-4-3-15(28)9-17(19)29;/h3-9,12H,10-11H2,1-2H3,(H,36,40)(H,34,35,37);1H. The van der Waals surface area contributed by atoms with Crippen LogP contribution in [-0.4, -0.2) is 37.3 Å². The normalized spacial score (nSPS) is 11.4. The average molecular weight is 643 g/mol. The molecule has 2 aromatic heterocycles. The zero-order valence-electron chi connectivity index (χ0n) is 22.6. The molecule has 0 unspecified atom stereocenters. The third-order valence-corrected chi connectivity index (χ3v) is 6.43. The number of nitrogens with zero attached hydrogens (tertiary/aromatic N) is 4. The Morgan fingerprint density at radius 3 is 2.45 bits per heavy atom. The topological polar surface area (TPSA) is 116 Å². The smallest absolute Gasteiger partial charge is 0.416 e. The van der Waals surface area contributed by atoms with Crippen LogP contribution < -0.4 is 20.5 Å². The molecule has 1 amide bonds. The predicted octanol–water partition coefficient (Wildman–Crippen LogP) is 5.21. The number of anilines is 1. The van der Waals surface area contributed by atoms with E-state index in [0.29, 0.717) is 12.1 Å². The van der Waals surface area contributed by atoms with Crippen LogP contribution in [0.15, 0.2) is 53.6 Å². The molecule has 0 saturated carbocycles. The number of halogens is 7. The zero-order valence-corrected chi connectivity index (χ0v) is 23.4. The quantitative estimate of drug-likeness (QED) is 0.225. The van der Waals surface area contributed by atoms with Crippen LogP contribution in [0.2, 0.25) is 0 Å². The van der Waals surface area contributed by atoms with Gasteiger partial charge in [-0.3, -0.25) is 19.0 Å². The first kappa shape index (κ1) is 31.9. The van der Waals surface area contributed by atoms with Crippen molar-refractivity contribution in [3.8, 4) is 22.6 Å². The minimum absolute atomic E-state index is 0. The Morgan fingerprint density at radius 2 is 1.82 bits per heavy atom. The molecule has 44 heavy (non-hydrogen) atoms. The fourth-order valence-corrected chi connectivity index (χ4v) is 4.47. The highest BCUT2D eigenvalue weighted by atomic mass is 35.5. The van der Waals surface area contributed by atoms with Crippen molar-refractivity contribution in [2.45, 2.75) is 19.3 Å². The molecular formula is C27H21ClF6N6O4. The number of imidazole rings is 1. The van der Waals surface area contributed by atoms with Crippen molar-refractivity contribution in [1.82, 2.24) is 24.3 Å². The number of fused-ring (bicyclic) bond motifs is 1. The van der Waals surface area contributed by atoms with Gasteiger partial charge in [-0.25, -0.2) is 22.9 Å². The van der Waals surface area contributed by atoms with Gasteiger partial charge in [-0.05, 0) is 42.0 Å². The van der Waals surface area contributed by atoms with Gasteiger partial charge in [-0.15, -0.1) is 12.4 Å². The number of benzene rings is 3. The van der Waals surface area contributed by atoms with Crippen LogP contribution in [0.3, 0.4) is 0 Å². The van der Waals surface area contributed by atoms with Crippen molar-refractivity contribution in [3.63, 3.8) is 0 Å². The minimum atomic E-state index is -4.90. The number of aromatic nitrogens is 5. The van der Waals surface area contributed by atoms with Crippen molar-refractivity contribution in [2.75, 3.05) is 12.4 Å². The van der Waals surface area contributed by atoms with E-state index >= 15 is 4.39 Å². The Morgan fingerprint density at radius 1 is 1.07 bits per heavy atom. The van der Waals surface area contributed by atoms with Gasteiger partial charge in [0.25, 0.3) is 0 Å². The van der Waals surface area contributed by atoms with Crippen LogP contribution >= 0.6 is 12.4 Å². The van der Waals surface area contributed by atoms with Crippen LogP contribution in [0.25, 0.3) is 22.2 Å². The third-order valence-electron chi connectivity index (χ3n) is 6.43. The number of nitrogens with one attached hydrogen (secondary N) is 2.